The first-order valence-corrected chi connectivity index (χ1v) is 6.81. The van der Waals surface area contributed by atoms with E-state index in [0.29, 0.717) is 12.1 Å². The summed E-state index contributed by atoms with van der Waals surface area (Å²) in [6.07, 6.45) is -0.801. The highest BCUT2D eigenvalue weighted by Crippen LogP contribution is 2.19. The maximum atomic E-state index is 11.9. The Hall–Kier alpha value is -1.95. The molecule has 1 atom stereocenters. The number of nitrogens with one attached hydrogen (secondary N) is 1. The molecule has 5 nitrogen and oxygen atoms in total. The summed E-state index contributed by atoms with van der Waals surface area (Å²) < 4.78 is 6.03. The Bertz CT molecular complexity index is 609. The number of benzene rings is 1. The average molecular weight is 278 g/mol. The number of nitrogens with zero attached hydrogens (tertiary/aromatic N) is 1. The van der Waals surface area contributed by atoms with Crippen molar-refractivity contribution in [3.05, 3.63) is 29.3 Å². The van der Waals surface area contributed by atoms with E-state index >= 15 is 0 Å². The van der Waals surface area contributed by atoms with Crippen LogP contribution in [0.15, 0.2) is 23.7 Å². The number of rotatable bonds is 4. The van der Waals surface area contributed by atoms with Crippen LogP contribution in [0.5, 0.6) is 0 Å². The molecule has 1 aromatic heterocycles. The first-order chi connectivity index (χ1) is 9.11. The molecule has 0 aliphatic heterocycles. The Balaban J connectivity index is 2.08. The largest absolute Gasteiger partial charge is 0.449 e. The summed E-state index contributed by atoms with van der Waals surface area (Å²) >= 11 is 1.45. The summed E-state index contributed by atoms with van der Waals surface area (Å²) in [6, 6.07) is 5.13. The van der Waals surface area contributed by atoms with Crippen molar-refractivity contribution in [3.8, 4) is 0 Å². The second-order valence-corrected chi connectivity index (χ2v) is 4.86. The smallest absolute Gasteiger partial charge is 0.338 e. The van der Waals surface area contributed by atoms with E-state index < -0.39 is 12.1 Å². The van der Waals surface area contributed by atoms with Gasteiger partial charge in [0.25, 0.3) is 5.91 Å². The molecule has 100 valence electrons. The van der Waals surface area contributed by atoms with E-state index in [4.69, 9.17) is 4.74 Å². The SMILES string of the molecule is CCNC(=O)[C@@H](C)OC(=O)c1ccc2ncsc2c1. The molecule has 0 saturated carbocycles. The van der Waals surface area contributed by atoms with Crippen LogP contribution in [0.4, 0.5) is 0 Å². The molecule has 0 spiro atoms. The van der Waals surface area contributed by atoms with Crippen molar-refractivity contribution < 1.29 is 14.3 Å². The molecule has 1 heterocycles. The lowest BCUT2D eigenvalue weighted by Gasteiger charge is -2.12. The van der Waals surface area contributed by atoms with Crippen LogP contribution < -0.4 is 5.32 Å². The predicted octanol–water partition coefficient (Wildman–Crippen LogP) is 1.98. The molecule has 0 aliphatic rings. The number of amides is 1. The van der Waals surface area contributed by atoms with Gasteiger partial charge in [-0.2, -0.15) is 0 Å². The van der Waals surface area contributed by atoms with E-state index in [2.05, 4.69) is 10.3 Å². The standard InChI is InChI=1S/C13H14N2O3S/c1-3-14-12(16)8(2)18-13(17)9-4-5-10-11(6-9)19-7-15-10/h4-8H,3H2,1-2H3,(H,14,16)/t8-/m1/s1. The Morgan fingerprint density at radius 2 is 2.26 bits per heavy atom. The second kappa shape index (κ2) is 5.79. The number of hydrogen-bond donors (Lipinski definition) is 1. The predicted molar refractivity (Wildman–Crippen MR) is 73.2 cm³/mol. The normalized spacial score (nSPS) is 12.1. The van der Waals surface area contributed by atoms with Crippen LogP contribution in [0.2, 0.25) is 0 Å². The molecule has 0 unspecified atom stereocenters. The first kappa shape index (κ1) is 13.5. The van der Waals surface area contributed by atoms with E-state index in [1.54, 1.807) is 30.6 Å². The van der Waals surface area contributed by atoms with E-state index in [9.17, 15) is 9.59 Å². The monoisotopic (exact) mass is 278 g/mol. The zero-order valence-corrected chi connectivity index (χ0v) is 11.5. The fourth-order valence-corrected chi connectivity index (χ4v) is 2.30. The molecule has 1 amide bonds. The molecular formula is C13H14N2O3S. The van der Waals surface area contributed by atoms with Crippen molar-refractivity contribution in [2.24, 2.45) is 0 Å². The molecule has 6 heteroatoms. The van der Waals surface area contributed by atoms with Crippen LogP contribution in [0.1, 0.15) is 24.2 Å². The number of carbonyl (C=O) groups excluding carboxylic acids is 2. The third-order valence-corrected chi connectivity index (χ3v) is 3.36. The molecule has 0 saturated heterocycles. The van der Waals surface area contributed by atoms with Crippen LogP contribution in [0.3, 0.4) is 0 Å². The number of ether oxygens (including phenoxy) is 1. The molecule has 1 aromatic carbocycles. The molecule has 2 rings (SSSR count). The second-order valence-electron chi connectivity index (χ2n) is 3.98. The van der Waals surface area contributed by atoms with Crippen LogP contribution in [0.25, 0.3) is 10.2 Å². The van der Waals surface area contributed by atoms with Crippen LogP contribution in [-0.4, -0.2) is 29.5 Å². The molecule has 19 heavy (non-hydrogen) atoms. The van der Waals surface area contributed by atoms with Gasteiger partial charge in [0.1, 0.15) is 0 Å². The minimum atomic E-state index is -0.801. The quantitative estimate of drug-likeness (QED) is 0.868. The molecule has 0 fully saturated rings. The highest BCUT2D eigenvalue weighted by molar-refractivity contribution is 7.16. The van der Waals surface area contributed by atoms with Gasteiger partial charge >= 0.3 is 5.97 Å². The number of carbonyl (C=O) groups is 2. The summed E-state index contributed by atoms with van der Waals surface area (Å²) in [7, 11) is 0. The van der Waals surface area contributed by atoms with Crippen LogP contribution in [-0.2, 0) is 9.53 Å². The zero-order chi connectivity index (χ0) is 13.8. The number of hydrogen-bond acceptors (Lipinski definition) is 5. The summed E-state index contributed by atoms with van der Waals surface area (Å²) in [5.74, 6) is -0.802. The van der Waals surface area contributed by atoms with Crippen molar-refractivity contribution in [3.63, 3.8) is 0 Å². The highest BCUT2D eigenvalue weighted by Gasteiger charge is 2.18. The van der Waals surface area contributed by atoms with Crippen molar-refractivity contribution >= 4 is 33.4 Å². The fraction of sp³-hybridized carbons (Fsp3) is 0.308. The van der Waals surface area contributed by atoms with Gasteiger partial charge < -0.3 is 10.1 Å². The highest BCUT2D eigenvalue weighted by atomic mass is 32.1. The van der Waals surface area contributed by atoms with Gasteiger partial charge in [-0.05, 0) is 32.0 Å². The van der Waals surface area contributed by atoms with E-state index in [0.717, 1.165) is 10.2 Å². The zero-order valence-electron chi connectivity index (χ0n) is 10.7. The van der Waals surface area contributed by atoms with Gasteiger partial charge in [0, 0.05) is 6.54 Å². The summed E-state index contributed by atoms with van der Waals surface area (Å²) in [5.41, 5.74) is 2.99. The summed E-state index contributed by atoms with van der Waals surface area (Å²) in [4.78, 5) is 27.5. The number of fused-ring (bicyclic) bond motifs is 1. The van der Waals surface area contributed by atoms with Crippen molar-refractivity contribution in [1.29, 1.82) is 0 Å². The minimum absolute atomic E-state index is 0.297. The van der Waals surface area contributed by atoms with Crippen molar-refractivity contribution in [2.75, 3.05) is 6.54 Å². The molecule has 0 bridgehead atoms. The third-order valence-electron chi connectivity index (χ3n) is 2.57. The first-order valence-electron chi connectivity index (χ1n) is 5.93. The lowest BCUT2D eigenvalue weighted by molar-refractivity contribution is -0.128. The van der Waals surface area contributed by atoms with Gasteiger partial charge in [-0.25, -0.2) is 9.78 Å². The maximum Gasteiger partial charge on any atom is 0.338 e. The fourth-order valence-electron chi connectivity index (χ4n) is 1.58. The third kappa shape index (κ3) is 3.08. The number of likely N-dealkylation sites (N-methyl/N-ethyl adjacent to an activating group) is 1. The molecule has 1 N–H and O–H groups in total. The minimum Gasteiger partial charge on any atom is -0.449 e. The summed E-state index contributed by atoms with van der Waals surface area (Å²) in [5, 5.41) is 2.60. The molecule has 0 aliphatic carbocycles. The van der Waals surface area contributed by atoms with Crippen molar-refractivity contribution in [2.45, 2.75) is 20.0 Å². The lowest BCUT2D eigenvalue weighted by Crippen LogP contribution is -2.35. The molecule has 2 aromatic rings. The van der Waals surface area contributed by atoms with E-state index in [1.165, 1.54) is 11.3 Å². The Morgan fingerprint density at radius 1 is 1.47 bits per heavy atom. The van der Waals surface area contributed by atoms with Gasteiger partial charge in [-0.1, -0.05) is 0 Å². The number of thiazole rings is 1. The van der Waals surface area contributed by atoms with E-state index in [1.807, 2.05) is 6.92 Å². The molecular weight excluding hydrogens is 264 g/mol. The van der Waals surface area contributed by atoms with Gasteiger partial charge in [0.15, 0.2) is 6.10 Å². The lowest BCUT2D eigenvalue weighted by atomic mass is 10.2. The van der Waals surface area contributed by atoms with Gasteiger partial charge in [0.2, 0.25) is 0 Å². The summed E-state index contributed by atoms with van der Waals surface area (Å²) in [6.45, 7) is 3.87. The topological polar surface area (TPSA) is 68.3 Å². The van der Waals surface area contributed by atoms with Crippen LogP contribution in [0, 0.1) is 0 Å². The molecule has 0 radical (unpaired) electrons. The van der Waals surface area contributed by atoms with E-state index in [-0.39, 0.29) is 5.91 Å². The Kier molecular flexibility index (Phi) is 4.11. The van der Waals surface area contributed by atoms with Gasteiger partial charge in [0.05, 0.1) is 21.3 Å². The van der Waals surface area contributed by atoms with Crippen LogP contribution >= 0.6 is 11.3 Å². The Morgan fingerprint density at radius 3 is 3.00 bits per heavy atom. The maximum absolute atomic E-state index is 11.9. The number of esters is 1. The Labute approximate surface area is 114 Å². The van der Waals surface area contributed by atoms with Crippen molar-refractivity contribution in [1.82, 2.24) is 10.3 Å². The number of aromatic nitrogens is 1. The van der Waals surface area contributed by atoms with Gasteiger partial charge in [-0.3, -0.25) is 4.79 Å². The average Bonchev–Trinajstić information content (AvgIpc) is 2.85. The van der Waals surface area contributed by atoms with Gasteiger partial charge in [-0.15, -0.1) is 11.3 Å².